The van der Waals surface area contributed by atoms with Crippen LogP contribution in [-0.4, -0.2) is 80.0 Å². The van der Waals surface area contributed by atoms with E-state index in [0.29, 0.717) is 40.7 Å². The van der Waals surface area contributed by atoms with Crippen LogP contribution >= 0.6 is 0 Å². The highest BCUT2D eigenvalue weighted by atomic mass is 16.6. The lowest BCUT2D eigenvalue weighted by Gasteiger charge is -2.34. The quantitative estimate of drug-likeness (QED) is 0.0384. The lowest BCUT2D eigenvalue weighted by Crippen LogP contribution is -2.44. The number of hydrogen-bond donors (Lipinski definition) is 5. The number of primary amides is 1. The smallest absolute Gasteiger partial charge is 0.325 e. The van der Waals surface area contributed by atoms with Crippen LogP contribution in [0.2, 0.25) is 0 Å². The van der Waals surface area contributed by atoms with Crippen molar-refractivity contribution in [2.24, 2.45) is 11.7 Å². The fourth-order valence-electron chi connectivity index (χ4n) is 8.90. The number of urea groups is 1. The number of nitrogens with zero attached hydrogens (tertiary/aromatic N) is 4. The van der Waals surface area contributed by atoms with Crippen LogP contribution in [-0.2, 0) is 55.5 Å². The average molecular weight is 873 g/mol. The number of ether oxygens (including phenoxy) is 2. The van der Waals surface area contributed by atoms with E-state index in [1.807, 2.05) is 20.8 Å². The summed E-state index contributed by atoms with van der Waals surface area (Å²) in [6, 6.07) is 14.6. The molecule has 0 bridgehead atoms. The number of hydrogen-bond acceptors (Lipinski definition) is 12. The molecule has 0 spiro atoms. The highest BCUT2D eigenvalue weighted by Crippen LogP contribution is 2.41. The lowest BCUT2D eigenvalue weighted by atomic mass is 9.87. The van der Waals surface area contributed by atoms with Gasteiger partial charge < -0.3 is 40.0 Å². The van der Waals surface area contributed by atoms with Crippen molar-refractivity contribution in [2.45, 2.75) is 84.5 Å². The summed E-state index contributed by atoms with van der Waals surface area (Å²) < 4.78 is 13.2. The number of nitrogens with one attached hydrogen (secondary N) is 1. The van der Waals surface area contributed by atoms with Gasteiger partial charge in [-0.25, -0.2) is 14.7 Å². The first-order valence-electron chi connectivity index (χ1n) is 21.3. The van der Waals surface area contributed by atoms with Gasteiger partial charge in [0, 0.05) is 42.8 Å². The minimum atomic E-state index is -1.82. The van der Waals surface area contributed by atoms with Crippen LogP contribution in [0.1, 0.15) is 91.8 Å². The number of methoxy groups -OCH3 is 1. The van der Waals surface area contributed by atoms with Gasteiger partial charge in [0.15, 0.2) is 11.9 Å². The first kappa shape index (κ1) is 45.0. The number of phenolic OH excluding ortho intramolecular Hbond substituents is 3. The minimum Gasteiger partial charge on any atom is -0.508 e. The van der Waals surface area contributed by atoms with Crippen LogP contribution in [0.15, 0.2) is 65.5 Å². The molecule has 0 radical (unpaired) electrons. The highest BCUT2D eigenvalue weighted by Gasteiger charge is 2.42. The van der Waals surface area contributed by atoms with Crippen molar-refractivity contribution in [3.8, 4) is 28.6 Å². The molecule has 0 aliphatic carbocycles. The number of esters is 1. The van der Waals surface area contributed by atoms with E-state index in [4.69, 9.17) is 25.6 Å². The van der Waals surface area contributed by atoms with E-state index in [1.165, 1.54) is 25.3 Å². The van der Waals surface area contributed by atoms with Crippen molar-refractivity contribution in [2.75, 3.05) is 25.1 Å². The number of anilines is 1. The number of aromatic nitrogens is 2. The SMILES string of the molecule is CCc1c2c(nc3ccc(O)cc13)-c1cc(C(C=O)(CC)OC(=O)C3CCN(C(=O)Cc4ccc(N(C(=N)c5cc(C(C)C)c(O)cc5O)C(N)=O)cc4)CC3)c(COC)c(=O)n1C2. The van der Waals surface area contributed by atoms with Crippen molar-refractivity contribution in [1.82, 2.24) is 14.5 Å². The third-order valence-corrected chi connectivity index (χ3v) is 12.4. The van der Waals surface area contributed by atoms with Gasteiger partial charge in [-0.1, -0.05) is 39.8 Å². The monoisotopic (exact) mass is 872 g/mol. The summed E-state index contributed by atoms with van der Waals surface area (Å²) in [4.78, 5) is 74.9. The summed E-state index contributed by atoms with van der Waals surface area (Å²) in [7, 11) is 1.44. The van der Waals surface area contributed by atoms with E-state index < -0.39 is 40.7 Å². The number of fused-ring (bicyclic) bond motifs is 4. The number of rotatable bonds is 13. The number of pyridine rings is 2. The average Bonchev–Trinajstić information content (AvgIpc) is 3.64. The number of aryl methyl sites for hydroxylation is 1. The molecule has 2 aromatic heterocycles. The molecule has 1 saturated heterocycles. The second kappa shape index (κ2) is 18.0. The molecule has 334 valence electrons. The second-order valence-electron chi connectivity index (χ2n) is 16.6. The van der Waals surface area contributed by atoms with Gasteiger partial charge in [-0.15, -0.1) is 0 Å². The molecule has 64 heavy (non-hydrogen) atoms. The molecule has 3 amide bonds. The third-order valence-electron chi connectivity index (χ3n) is 12.4. The molecule has 5 aromatic rings. The fourth-order valence-corrected chi connectivity index (χ4v) is 8.90. The van der Waals surface area contributed by atoms with Crippen molar-refractivity contribution in [3.63, 3.8) is 0 Å². The number of piperidine rings is 1. The molecule has 3 aromatic carbocycles. The summed E-state index contributed by atoms with van der Waals surface area (Å²) in [6.45, 7) is 7.97. The number of carbonyl (C=O) groups excluding carboxylic acids is 4. The minimum absolute atomic E-state index is 0.000102. The molecule has 1 atom stereocenters. The molecular weight excluding hydrogens is 821 g/mol. The number of likely N-dealkylation sites (tertiary alicyclic amines) is 1. The number of carbonyl (C=O) groups is 4. The Morgan fingerprint density at radius 3 is 2.31 bits per heavy atom. The van der Waals surface area contributed by atoms with Crippen LogP contribution < -0.4 is 16.2 Å². The Morgan fingerprint density at radius 2 is 1.70 bits per heavy atom. The van der Waals surface area contributed by atoms with Crippen LogP contribution in [0.25, 0.3) is 22.3 Å². The predicted octanol–water partition coefficient (Wildman–Crippen LogP) is 6.11. The zero-order valence-corrected chi connectivity index (χ0v) is 36.4. The van der Waals surface area contributed by atoms with Gasteiger partial charge in [0.2, 0.25) is 5.91 Å². The summed E-state index contributed by atoms with van der Waals surface area (Å²) in [6.07, 6.45) is 1.78. The molecule has 16 nitrogen and oxygen atoms in total. The van der Waals surface area contributed by atoms with Gasteiger partial charge in [0.25, 0.3) is 5.56 Å². The molecule has 1 fully saturated rings. The zero-order chi connectivity index (χ0) is 46.2. The normalized spacial score (nSPS) is 14.5. The Bertz CT molecular complexity index is 2760. The summed E-state index contributed by atoms with van der Waals surface area (Å²) in [5, 5.41) is 40.6. The maximum absolute atomic E-state index is 14.3. The first-order valence-corrected chi connectivity index (χ1v) is 21.3. The summed E-state index contributed by atoms with van der Waals surface area (Å²) >= 11 is 0. The van der Waals surface area contributed by atoms with Crippen LogP contribution in [0.5, 0.6) is 17.2 Å². The van der Waals surface area contributed by atoms with Crippen molar-refractivity contribution < 1.29 is 44.0 Å². The van der Waals surface area contributed by atoms with Crippen molar-refractivity contribution in [1.29, 1.82) is 5.41 Å². The maximum Gasteiger partial charge on any atom is 0.325 e. The van der Waals surface area contributed by atoms with Gasteiger partial charge in [-0.2, -0.15) is 0 Å². The zero-order valence-electron chi connectivity index (χ0n) is 36.4. The number of amidine groups is 1. The number of phenols is 3. The molecular formula is C48H52N6O10. The molecule has 7 rings (SSSR count). The van der Waals surface area contributed by atoms with E-state index in [1.54, 1.807) is 52.8 Å². The van der Waals surface area contributed by atoms with E-state index in [0.717, 1.165) is 27.5 Å². The van der Waals surface area contributed by atoms with Crippen molar-refractivity contribution >= 4 is 46.6 Å². The Balaban J connectivity index is 1.05. The fraction of sp³-hybridized carbons (Fsp3) is 0.354. The van der Waals surface area contributed by atoms with E-state index in [2.05, 4.69) is 0 Å². The molecule has 6 N–H and O–H groups in total. The predicted molar refractivity (Wildman–Crippen MR) is 239 cm³/mol. The summed E-state index contributed by atoms with van der Waals surface area (Å²) in [5.74, 6) is -2.41. The number of amides is 3. The van der Waals surface area contributed by atoms with E-state index >= 15 is 0 Å². The third kappa shape index (κ3) is 8.16. The molecule has 1 unspecified atom stereocenters. The topological polar surface area (TPSA) is 239 Å². The van der Waals surface area contributed by atoms with Crippen LogP contribution in [0.4, 0.5) is 10.5 Å². The Morgan fingerprint density at radius 1 is 1.00 bits per heavy atom. The Hall–Kier alpha value is -7.07. The number of aromatic hydroxyl groups is 3. The van der Waals surface area contributed by atoms with Crippen LogP contribution in [0, 0.1) is 11.3 Å². The van der Waals surface area contributed by atoms with Gasteiger partial charge in [0.05, 0.1) is 59.2 Å². The number of benzene rings is 3. The second-order valence-corrected chi connectivity index (χ2v) is 16.6. The van der Waals surface area contributed by atoms with Crippen molar-refractivity contribution in [3.05, 3.63) is 110 Å². The van der Waals surface area contributed by atoms with E-state index in [9.17, 15) is 39.3 Å². The van der Waals surface area contributed by atoms with E-state index in [-0.39, 0.29) is 97.6 Å². The first-order chi connectivity index (χ1) is 30.6. The van der Waals surface area contributed by atoms with Gasteiger partial charge >= 0.3 is 12.0 Å². The van der Waals surface area contributed by atoms with Gasteiger partial charge in [-0.3, -0.25) is 24.6 Å². The highest BCUT2D eigenvalue weighted by molar-refractivity contribution is 6.22. The van der Waals surface area contributed by atoms with Crippen LogP contribution in [0.3, 0.4) is 0 Å². The molecule has 2 aliphatic rings. The molecule has 2 aliphatic heterocycles. The largest absolute Gasteiger partial charge is 0.508 e. The Labute approximate surface area is 369 Å². The number of nitrogens with two attached hydrogens (primary N) is 1. The molecule has 4 heterocycles. The Kier molecular flexibility index (Phi) is 12.6. The van der Waals surface area contributed by atoms with Gasteiger partial charge in [0.1, 0.15) is 23.1 Å². The van der Waals surface area contributed by atoms with Gasteiger partial charge in [-0.05, 0) is 90.8 Å². The summed E-state index contributed by atoms with van der Waals surface area (Å²) in [5.41, 5.74) is 8.68. The lowest BCUT2D eigenvalue weighted by molar-refractivity contribution is -0.171. The standard InChI is InChI=1S/C48H52N6O10/c1-6-31-33-19-30(56)12-13-38(33)51-43-35(31)23-53-39(43)21-37(36(24-63-5)45(53)60)48(7-2,25-55)64-46(61)28-14-16-52(17-15-28)42(59)18-27-8-10-29(11-9-27)54(47(50)62)44(49)34-20-32(26(3)4)40(57)22-41(34)58/h8-13,19-22,25-26,28,49,56-58H,6-7,14-18,23-24H2,1-5H3,(H2,50,62). The maximum atomic E-state index is 14.3. The number of aldehydes is 1. The molecule has 16 heteroatoms. The molecule has 0 saturated carbocycles.